The Balaban J connectivity index is 1.12. The van der Waals surface area contributed by atoms with E-state index in [0.29, 0.717) is 18.3 Å². The van der Waals surface area contributed by atoms with Crippen molar-refractivity contribution in [3.05, 3.63) is 71.3 Å². The summed E-state index contributed by atoms with van der Waals surface area (Å²) in [6, 6.07) is 15.8. The predicted octanol–water partition coefficient (Wildman–Crippen LogP) is 10.2. The fourth-order valence-electron chi connectivity index (χ4n) is 11.1. The summed E-state index contributed by atoms with van der Waals surface area (Å²) in [4.78, 5) is 13.9. The Morgan fingerprint density at radius 1 is 0.830 bits per heavy atom. The number of carbonyl (C=O) groups is 1. The fraction of sp³-hybridized carbons (Fsp3) is 0.651. The molecule has 4 N–H and O–H groups in total. The molecule has 3 saturated carbocycles. The van der Waals surface area contributed by atoms with Crippen LogP contribution in [0.25, 0.3) is 0 Å². The maximum Gasteiger partial charge on any atom is 0.309 e. The molecule has 3 fully saturated rings. The van der Waals surface area contributed by atoms with Crippen LogP contribution < -0.4 is 11.5 Å². The normalized spacial score (nSPS) is 32.3. The van der Waals surface area contributed by atoms with Crippen molar-refractivity contribution in [2.24, 2.45) is 52.3 Å². The third-order valence-electron chi connectivity index (χ3n) is 13.8. The Bertz CT molecular complexity index is 1350. The predicted molar refractivity (Wildman–Crippen MR) is 196 cm³/mol. The van der Waals surface area contributed by atoms with Gasteiger partial charge in [-0.05, 0) is 140 Å². The number of rotatable bonds is 11. The number of hydrogen-bond donors (Lipinski definition) is 2. The number of allylic oxidation sites excluding steroid dienone is 1. The molecule has 256 valence electrons. The largest absolute Gasteiger partial charge is 0.462 e. The highest BCUT2D eigenvalue weighted by molar-refractivity contribution is 5.73. The van der Waals surface area contributed by atoms with Crippen LogP contribution in [0, 0.1) is 52.3 Å². The molecule has 4 aliphatic rings. The van der Waals surface area contributed by atoms with Crippen LogP contribution in [0.4, 0.5) is 11.4 Å². The number of ether oxygens (including phenoxy) is 1. The van der Waals surface area contributed by atoms with Crippen molar-refractivity contribution in [1.82, 2.24) is 0 Å². The van der Waals surface area contributed by atoms with Gasteiger partial charge in [-0.1, -0.05) is 89.8 Å². The average molecular weight is 639 g/mol. The summed E-state index contributed by atoms with van der Waals surface area (Å²) in [7, 11) is 0. The highest BCUT2D eigenvalue weighted by Gasteiger charge is 2.59. The summed E-state index contributed by atoms with van der Waals surface area (Å²) in [5.74, 6) is 4.69. The highest BCUT2D eigenvalue weighted by Crippen LogP contribution is 2.67. The van der Waals surface area contributed by atoms with Gasteiger partial charge in [-0.2, -0.15) is 0 Å². The van der Waals surface area contributed by atoms with Gasteiger partial charge >= 0.3 is 5.97 Å². The third kappa shape index (κ3) is 7.18. The molecule has 4 aliphatic carbocycles. The number of nitrogens with two attached hydrogens (primary N) is 2. The number of esters is 1. The molecular weight excluding hydrogens is 576 g/mol. The number of fused-ring (bicyclic) bond motifs is 5. The number of hydrogen-bond acceptors (Lipinski definition) is 4. The average Bonchev–Trinajstić information content (AvgIpc) is 3.40. The van der Waals surface area contributed by atoms with Crippen LogP contribution in [0.1, 0.15) is 116 Å². The number of carbonyl (C=O) groups excluding carboxylic acids is 1. The molecule has 0 amide bonds. The molecule has 2 aromatic carbocycles. The lowest BCUT2D eigenvalue weighted by Gasteiger charge is -2.58. The molecule has 0 spiro atoms. The summed E-state index contributed by atoms with van der Waals surface area (Å²) in [6.45, 7) is 12.6. The lowest BCUT2D eigenvalue weighted by molar-refractivity contribution is -0.156. The molecule has 4 unspecified atom stereocenters. The van der Waals surface area contributed by atoms with Gasteiger partial charge in [0.2, 0.25) is 0 Å². The number of benzene rings is 2. The van der Waals surface area contributed by atoms with Crippen molar-refractivity contribution in [1.29, 1.82) is 0 Å². The van der Waals surface area contributed by atoms with Gasteiger partial charge in [0.15, 0.2) is 0 Å². The Morgan fingerprint density at radius 3 is 2.09 bits per heavy atom. The first-order valence-electron chi connectivity index (χ1n) is 19.0. The van der Waals surface area contributed by atoms with Gasteiger partial charge in [0.25, 0.3) is 0 Å². The van der Waals surface area contributed by atoms with Crippen LogP contribution in [-0.2, 0) is 22.4 Å². The molecular formula is C43H62N2O2. The van der Waals surface area contributed by atoms with E-state index in [1.54, 1.807) is 5.57 Å². The Hall–Kier alpha value is -2.75. The molecule has 6 rings (SSSR count). The molecule has 0 radical (unpaired) electrons. The molecule has 0 heterocycles. The van der Waals surface area contributed by atoms with Crippen molar-refractivity contribution in [3.8, 4) is 0 Å². The van der Waals surface area contributed by atoms with E-state index in [-0.39, 0.29) is 23.4 Å². The Kier molecular flexibility index (Phi) is 10.2. The van der Waals surface area contributed by atoms with Gasteiger partial charge in [-0.3, -0.25) is 4.79 Å². The van der Waals surface area contributed by atoms with Crippen LogP contribution in [0.2, 0.25) is 0 Å². The minimum Gasteiger partial charge on any atom is -0.462 e. The van der Waals surface area contributed by atoms with E-state index < -0.39 is 0 Å². The molecule has 0 bridgehead atoms. The van der Waals surface area contributed by atoms with Crippen molar-refractivity contribution < 1.29 is 9.53 Å². The first kappa shape index (κ1) is 34.1. The lowest BCUT2D eigenvalue weighted by Crippen LogP contribution is -2.51. The van der Waals surface area contributed by atoms with Gasteiger partial charge in [0.05, 0.1) is 5.92 Å². The van der Waals surface area contributed by atoms with Crippen LogP contribution in [0.5, 0.6) is 0 Å². The molecule has 8 atom stereocenters. The van der Waals surface area contributed by atoms with Gasteiger partial charge < -0.3 is 16.2 Å². The number of nitrogen functional groups attached to an aromatic ring is 2. The van der Waals surface area contributed by atoms with E-state index >= 15 is 0 Å². The van der Waals surface area contributed by atoms with Gasteiger partial charge in [0.1, 0.15) is 6.10 Å². The van der Waals surface area contributed by atoms with Gasteiger partial charge in [-0.15, -0.1) is 0 Å². The van der Waals surface area contributed by atoms with Crippen LogP contribution >= 0.6 is 0 Å². The van der Waals surface area contributed by atoms with Crippen molar-refractivity contribution in [3.63, 3.8) is 0 Å². The van der Waals surface area contributed by atoms with Crippen molar-refractivity contribution >= 4 is 17.3 Å². The van der Waals surface area contributed by atoms with Crippen molar-refractivity contribution in [2.45, 2.75) is 124 Å². The topological polar surface area (TPSA) is 78.3 Å². The van der Waals surface area contributed by atoms with E-state index in [4.69, 9.17) is 16.2 Å². The summed E-state index contributed by atoms with van der Waals surface area (Å²) >= 11 is 0. The second kappa shape index (κ2) is 14.0. The zero-order valence-electron chi connectivity index (χ0n) is 30.0. The lowest BCUT2D eigenvalue weighted by atomic mass is 9.47. The Labute approximate surface area is 285 Å². The van der Waals surface area contributed by atoms with Crippen LogP contribution in [-0.4, -0.2) is 12.1 Å². The fourth-order valence-corrected chi connectivity index (χ4v) is 11.1. The second-order valence-corrected chi connectivity index (χ2v) is 17.2. The summed E-state index contributed by atoms with van der Waals surface area (Å²) < 4.78 is 6.42. The summed E-state index contributed by atoms with van der Waals surface area (Å²) in [5, 5.41) is 0. The Morgan fingerprint density at radius 2 is 1.47 bits per heavy atom. The summed E-state index contributed by atoms with van der Waals surface area (Å²) in [5.41, 5.74) is 17.9. The zero-order valence-corrected chi connectivity index (χ0v) is 30.0. The molecule has 4 nitrogen and oxygen atoms in total. The molecule has 0 saturated heterocycles. The van der Waals surface area contributed by atoms with Gasteiger partial charge in [-0.25, -0.2) is 0 Å². The van der Waals surface area contributed by atoms with Crippen LogP contribution in [0.3, 0.4) is 0 Å². The monoisotopic (exact) mass is 638 g/mol. The van der Waals surface area contributed by atoms with E-state index in [0.717, 1.165) is 77.3 Å². The third-order valence-corrected chi connectivity index (χ3v) is 13.8. The van der Waals surface area contributed by atoms with E-state index in [2.05, 4.69) is 40.7 Å². The quantitative estimate of drug-likeness (QED) is 0.146. The standard InChI is InChI=1S/C43H62N2O2/c1-28(2)7-6-8-29(3)38-19-20-39-37-18-13-33-27-36(21-23-42(33,4)40(37)22-24-43(38,39)5)47-41(46)32(25-30-9-14-34(44)15-10-30)26-31-11-16-35(45)17-12-31/h9-17,28-29,32,36-40H,6-8,18-27,44-45H2,1-5H3/t29-,36?,37?,38-,39?,40?,42+,43-/m1/s1. The second-order valence-electron chi connectivity index (χ2n) is 17.2. The first-order chi connectivity index (χ1) is 22.5. The minimum atomic E-state index is -0.251. The van der Waals surface area contributed by atoms with Gasteiger partial charge in [0, 0.05) is 17.8 Å². The zero-order chi connectivity index (χ0) is 33.3. The summed E-state index contributed by atoms with van der Waals surface area (Å²) in [6.07, 6.45) is 17.9. The first-order valence-corrected chi connectivity index (χ1v) is 19.0. The molecule has 4 heteroatoms. The smallest absolute Gasteiger partial charge is 0.309 e. The van der Waals surface area contributed by atoms with E-state index in [1.807, 2.05) is 48.5 Å². The van der Waals surface area contributed by atoms with E-state index in [9.17, 15) is 4.79 Å². The molecule has 2 aromatic rings. The molecule has 47 heavy (non-hydrogen) atoms. The maximum absolute atomic E-state index is 13.9. The minimum absolute atomic E-state index is 0.0323. The van der Waals surface area contributed by atoms with E-state index in [1.165, 1.54) is 51.4 Å². The molecule has 0 aromatic heterocycles. The maximum atomic E-state index is 13.9. The number of anilines is 2. The molecule has 0 aliphatic heterocycles. The van der Waals surface area contributed by atoms with Crippen molar-refractivity contribution in [2.75, 3.05) is 11.5 Å². The highest BCUT2D eigenvalue weighted by atomic mass is 16.5. The van der Waals surface area contributed by atoms with Crippen LogP contribution in [0.15, 0.2) is 60.2 Å². The SMILES string of the molecule is CC(C)CCC[C@@H](C)[C@H]1CCC2C3CC=C4CC(OC(=O)C(Cc5ccc(N)cc5)Cc5ccc(N)cc5)CC[C@]4(C)C3CC[C@@]21C.